The number of rotatable bonds is 7. The van der Waals surface area contributed by atoms with Crippen LogP contribution in [0.3, 0.4) is 0 Å². The van der Waals surface area contributed by atoms with Gasteiger partial charge in [-0.2, -0.15) is 0 Å². The van der Waals surface area contributed by atoms with Crippen LogP contribution in [0.25, 0.3) is 0 Å². The van der Waals surface area contributed by atoms with Gasteiger partial charge < -0.3 is 16.0 Å². The number of benzene rings is 2. The summed E-state index contributed by atoms with van der Waals surface area (Å²) in [5.74, 6) is -1.84. The molecule has 0 saturated carbocycles. The maximum absolute atomic E-state index is 13.2. The van der Waals surface area contributed by atoms with E-state index in [4.69, 9.17) is 5.73 Å². The Morgan fingerprint density at radius 3 is 2.44 bits per heavy atom. The van der Waals surface area contributed by atoms with Crippen molar-refractivity contribution in [2.75, 3.05) is 11.4 Å². The summed E-state index contributed by atoms with van der Waals surface area (Å²) in [7, 11) is 0. The maximum Gasteiger partial charge on any atom is 0.287 e. The Hall–Kier alpha value is -4.00. The molecule has 1 aliphatic rings. The predicted octanol–water partition coefficient (Wildman–Crippen LogP) is 2.04. The van der Waals surface area contributed by atoms with Crippen molar-refractivity contribution in [1.29, 1.82) is 0 Å². The van der Waals surface area contributed by atoms with Gasteiger partial charge in [-0.3, -0.25) is 14.4 Å². The third-order valence-electron chi connectivity index (χ3n) is 5.61. The Morgan fingerprint density at radius 2 is 1.69 bits per heavy atom. The Bertz CT molecular complexity index is 1150. The molecule has 0 bridgehead atoms. The lowest BCUT2D eigenvalue weighted by atomic mass is 9.99. The number of ketones is 1. The zero-order chi connectivity index (χ0) is 22.5. The largest absolute Gasteiger partial charge is 0.363 e. The number of amides is 2. The third-order valence-corrected chi connectivity index (χ3v) is 5.61. The predicted molar refractivity (Wildman–Crippen MR) is 121 cm³/mol. The summed E-state index contributed by atoms with van der Waals surface area (Å²) in [5, 5.41) is 2.71. The molecule has 0 saturated heterocycles. The van der Waals surface area contributed by atoms with Crippen LogP contribution in [0, 0.1) is 0 Å². The fourth-order valence-electron chi connectivity index (χ4n) is 3.97. The molecule has 2 heterocycles. The number of hydrogen-bond acceptors (Lipinski definition) is 5. The van der Waals surface area contributed by atoms with Gasteiger partial charge >= 0.3 is 0 Å². The number of Topliss-reactive ketones (excluding diaryl/α,β-unsaturated/α-hetero) is 1. The van der Waals surface area contributed by atoms with Gasteiger partial charge in [0.05, 0.1) is 5.56 Å². The standard InChI is InChI=1S/C25H24N4O3/c26-23(31)22(30)21(15-17-7-2-1-3-8-17)28-25(32)20-11-6-13-27-24(20)29-14-12-18-9-4-5-10-19(18)16-29/h1-11,13,21H,12,14-16H2,(H2,26,31)(H,28,32). The highest BCUT2D eigenvalue weighted by Gasteiger charge is 2.28. The van der Waals surface area contributed by atoms with E-state index in [0.29, 0.717) is 17.9 Å². The number of nitrogens with one attached hydrogen (secondary N) is 1. The van der Waals surface area contributed by atoms with Crippen molar-refractivity contribution in [3.05, 3.63) is 95.2 Å². The van der Waals surface area contributed by atoms with Gasteiger partial charge in [-0.1, -0.05) is 54.6 Å². The fraction of sp³-hybridized carbons (Fsp3) is 0.200. The highest BCUT2D eigenvalue weighted by molar-refractivity contribution is 6.38. The minimum atomic E-state index is -1.08. The highest BCUT2D eigenvalue weighted by atomic mass is 16.2. The molecule has 0 fully saturated rings. The van der Waals surface area contributed by atoms with Crippen LogP contribution in [-0.2, 0) is 29.0 Å². The number of carbonyl (C=O) groups is 3. The molecule has 1 aromatic heterocycles. The van der Waals surface area contributed by atoms with Crippen LogP contribution in [0.2, 0.25) is 0 Å². The smallest absolute Gasteiger partial charge is 0.287 e. The number of carbonyl (C=O) groups excluding carboxylic acids is 3. The summed E-state index contributed by atoms with van der Waals surface area (Å²) in [4.78, 5) is 43.7. The zero-order valence-corrected chi connectivity index (χ0v) is 17.5. The van der Waals surface area contributed by atoms with Crippen molar-refractivity contribution in [2.24, 2.45) is 5.73 Å². The number of hydrogen-bond donors (Lipinski definition) is 2. The molecule has 32 heavy (non-hydrogen) atoms. The number of pyridine rings is 1. The van der Waals surface area contributed by atoms with Crippen molar-refractivity contribution in [3.63, 3.8) is 0 Å². The first-order valence-electron chi connectivity index (χ1n) is 10.5. The summed E-state index contributed by atoms with van der Waals surface area (Å²) in [6, 6.07) is 19.7. The van der Waals surface area contributed by atoms with Crippen molar-refractivity contribution in [3.8, 4) is 0 Å². The van der Waals surface area contributed by atoms with Crippen molar-refractivity contribution >= 4 is 23.4 Å². The first-order valence-corrected chi connectivity index (χ1v) is 10.5. The second kappa shape index (κ2) is 9.43. The first kappa shape index (κ1) is 21.2. The molecule has 2 amide bonds. The molecule has 0 spiro atoms. The highest BCUT2D eigenvalue weighted by Crippen LogP contribution is 2.25. The Balaban J connectivity index is 1.57. The van der Waals surface area contributed by atoms with E-state index < -0.39 is 23.6 Å². The third kappa shape index (κ3) is 4.67. The summed E-state index contributed by atoms with van der Waals surface area (Å²) in [5.41, 5.74) is 8.89. The van der Waals surface area contributed by atoms with Gasteiger partial charge in [-0.15, -0.1) is 0 Å². The van der Waals surface area contributed by atoms with Gasteiger partial charge in [0.25, 0.3) is 11.8 Å². The molecule has 2 aromatic carbocycles. The molecule has 1 atom stereocenters. The zero-order valence-electron chi connectivity index (χ0n) is 17.5. The molecule has 3 N–H and O–H groups in total. The van der Waals surface area contributed by atoms with E-state index in [1.54, 1.807) is 18.3 Å². The van der Waals surface area contributed by atoms with E-state index >= 15 is 0 Å². The van der Waals surface area contributed by atoms with Crippen LogP contribution in [-0.4, -0.2) is 35.2 Å². The molecule has 0 radical (unpaired) electrons. The Morgan fingerprint density at radius 1 is 0.969 bits per heavy atom. The fourth-order valence-corrected chi connectivity index (χ4v) is 3.97. The van der Waals surface area contributed by atoms with E-state index in [2.05, 4.69) is 27.3 Å². The molecule has 7 heteroatoms. The van der Waals surface area contributed by atoms with Crippen LogP contribution in [0.4, 0.5) is 5.82 Å². The molecule has 0 aliphatic carbocycles. The second-order valence-electron chi connectivity index (χ2n) is 7.76. The van der Waals surface area contributed by atoms with Crippen LogP contribution in [0.15, 0.2) is 72.9 Å². The van der Waals surface area contributed by atoms with Crippen molar-refractivity contribution < 1.29 is 14.4 Å². The van der Waals surface area contributed by atoms with E-state index in [1.165, 1.54) is 11.1 Å². The molecule has 1 unspecified atom stereocenters. The molecule has 3 aromatic rings. The average molecular weight is 428 g/mol. The van der Waals surface area contributed by atoms with Crippen LogP contribution >= 0.6 is 0 Å². The number of nitrogens with zero attached hydrogens (tertiary/aromatic N) is 2. The number of fused-ring (bicyclic) bond motifs is 1. The van der Waals surface area contributed by atoms with Gasteiger partial charge in [-0.05, 0) is 35.2 Å². The summed E-state index contributed by atoms with van der Waals surface area (Å²) in [6.07, 6.45) is 2.66. The molecular formula is C25H24N4O3. The summed E-state index contributed by atoms with van der Waals surface area (Å²) >= 11 is 0. The summed E-state index contributed by atoms with van der Waals surface area (Å²) in [6.45, 7) is 1.36. The van der Waals surface area contributed by atoms with Crippen LogP contribution < -0.4 is 16.0 Å². The SMILES string of the molecule is NC(=O)C(=O)C(Cc1ccccc1)NC(=O)c1cccnc1N1CCc2ccccc2C1. The number of nitrogens with two attached hydrogens (primary N) is 1. The Kier molecular flexibility index (Phi) is 6.26. The lowest BCUT2D eigenvalue weighted by Crippen LogP contribution is -2.47. The summed E-state index contributed by atoms with van der Waals surface area (Å²) < 4.78 is 0. The minimum Gasteiger partial charge on any atom is -0.363 e. The number of anilines is 1. The normalized spacial score (nSPS) is 13.7. The van der Waals surface area contributed by atoms with Gasteiger partial charge in [0.1, 0.15) is 11.9 Å². The van der Waals surface area contributed by atoms with Crippen molar-refractivity contribution in [1.82, 2.24) is 10.3 Å². The first-order chi connectivity index (χ1) is 15.5. The topological polar surface area (TPSA) is 105 Å². The molecular weight excluding hydrogens is 404 g/mol. The second-order valence-corrected chi connectivity index (χ2v) is 7.76. The quantitative estimate of drug-likeness (QED) is 0.561. The van der Waals surface area contributed by atoms with E-state index in [9.17, 15) is 14.4 Å². The average Bonchev–Trinajstić information content (AvgIpc) is 2.83. The van der Waals surface area contributed by atoms with E-state index in [0.717, 1.165) is 18.5 Å². The van der Waals surface area contributed by atoms with E-state index in [1.807, 2.05) is 42.5 Å². The Labute approximate surface area is 186 Å². The van der Waals surface area contributed by atoms with E-state index in [-0.39, 0.29) is 6.42 Å². The van der Waals surface area contributed by atoms with Gasteiger partial charge in [0, 0.05) is 25.7 Å². The number of primary amides is 1. The lowest BCUT2D eigenvalue weighted by Gasteiger charge is -2.31. The van der Waals surface area contributed by atoms with Crippen molar-refractivity contribution in [2.45, 2.75) is 25.4 Å². The van der Waals surface area contributed by atoms with Crippen LogP contribution in [0.5, 0.6) is 0 Å². The minimum absolute atomic E-state index is 0.168. The van der Waals surface area contributed by atoms with Gasteiger partial charge in [0.15, 0.2) is 0 Å². The molecule has 4 rings (SSSR count). The monoisotopic (exact) mass is 428 g/mol. The maximum atomic E-state index is 13.2. The van der Waals surface area contributed by atoms with Gasteiger partial charge in [0.2, 0.25) is 5.78 Å². The molecule has 1 aliphatic heterocycles. The van der Waals surface area contributed by atoms with Crippen LogP contribution in [0.1, 0.15) is 27.0 Å². The molecule has 7 nitrogen and oxygen atoms in total. The van der Waals surface area contributed by atoms with Gasteiger partial charge in [-0.25, -0.2) is 4.98 Å². The number of aromatic nitrogens is 1. The lowest BCUT2D eigenvalue weighted by molar-refractivity contribution is -0.137. The molecule has 162 valence electrons.